The van der Waals surface area contributed by atoms with Crippen LogP contribution in [0.2, 0.25) is 0 Å². The van der Waals surface area contributed by atoms with Crippen molar-refractivity contribution in [2.75, 3.05) is 6.54 Å². The molecule has 1 heterocycles. The normalized spacial score (nSPS) is 12.0. The van der Waals surface area contributed by atoms with E-state index < -0.39 is 17.8 Å². The van der Waals surface area contributed by atoms with Crippen molar-refractivity contribution in [3.63, 3.8) is 0 Å². The van der Waals surface area contributed by atoms with E-state index >= 15 is 0 Å². The van der Waals surface area contributed by atoms with Gasteiger partial charge in [0.1, 0.15) is 23.5 Å². The van der Waals surface area contributed by atoms with E-state index in [0.29, 0.717) is 16.9 Å². The maximum Gasteiger partial charge on any atom is 0.254 e. The van der Waals surface area contributed by atoms with Gasteiger partial charge < -0.3 is 14.8 Å². The quantitative estimate of drug-likeness (QED) is 0.743. The number of furan rings is 1. The second-order valence-corrected chi connectivity index (χ2v) is 5.44. The Morgan fingerprint density at radius 2 is 1.80 bits per heavy atom. The van der Waals surface area contributed by atoms with Crippen molar-refractivity contribution in [1.82, 2.24) is 5.32 Å². The summed E-state index contributed by atoms with van der Waals surface area (Å²) in [6.07, 6.45) is 0.398. The third-order valence-corrected chi connectivity index (χ3v) is 3.72. The fourth-order valence-electron chi connectivity index (χ4n) is 2.39. The summed E-state index contributed by atoms with van der Waals surface area (Å²) in [5, 5.41) is 12.3. The van der Waals surface area contributed by atoms with Crippen molar-refractivity contribution in [2.24, 2.45) is 0 Å². The van der Waals surface area contributed by atoms with Crippen LogP contribution in [0.3, 0.4) is 0 Å². The fourth-order valence-corrected chi connectivity index (χ4v) is 2.39. The number of aliphatic hydroxyl groups is 1. The number of halogens is 2. The highest BCUT2D eigenvalue weighted by atomic mass is 19.1. The van der Waals surface area contributed by atoms with Crippen LogP contribution in [0.25, 0.3) is 11.1 Å². The minimum absolute atomic E-state index is 0.106. The minimum Gasteiger partial charge on any atom is -0.467 e. The van der Waals surface area contributed by atoms with E-state index in [9.17, 15) is 18.7 Å². The Morgan fingerprint density at radius 3 is 2.44 bits per heavy atom. The molecule has 0 aliphatic heterocycles. The Labute approximate surface area is 142 Å². The van der Waals surface area contributed by atoms with Crippen molar-refractivity contribution in [2.45, 2.75) is 6.10 Å². The van der Waals surface area contributed by atoms with Crippen LogP contribution in [0.5, 0.6) is 0 Å². The number of carbonyl (C=O) groups is 1. The van der Waals surface area contributed by atoms with Crippen molar-refractivity contribution >= 4 is 5.91 Å². The van der Waals surface area contributed by atoms with Gasteiger partial charge in [0, 0.05) is 0 Å². The summed E-state index contributed by atoms with van der Waals surface area (Å²) in [5.41, 5.74) is 1.03. The first-order chi connectivity index (χ1) is 12.0. The van der Waals surface area contributed by atoms with Crippen LogP contribution < -0.4 is 5.32 Å². The molecule has 0 saturated heterocycles. The number of rotatable bonds is 5. The van der Waals surface area contributed by atoms with Crippen LogP contribution in [0, 0.1) is 11.6 Å². The smallest absolute Gasteiger partial charge is 0.254 e. The topological polar surface area (TPSA) is 62.5 Å². The second-order valence-electron chi connectivity index (χ2n) is 5.44. The van der Waals surface area contributed by atoms with Gasteiger partial charge in [-0.05, 0) is 47.5 Å². The summed E-state index contributed by atoms with van der Waals surface area (Å²) in [7, 11) is 0. The lowest BCUT2D eigenvalue weighted by molar-refractivity contribution is 0.0897. The number of aliphatic hydroxyl groups excluding tert-OH is 1. The fraction of sp³-hybridized carbons (Fsp3) is 0.105. The predicted octanol–water partition coefficient (Wildman–Crippen LogP) is 3.69. The summed E-state index contributed by atoms with van der Waals surface area (Å²) in [6, 6.07) is 13.0. The molecule has 4 nitrogen and oxygen atoms in total. The number of nitrogens with one attached hydrogen (secondary N) is 1. The first-order valence-electron chi connectivity index (χ1n) is 7.60. The molecule has 2 aromatic carbocycles. The SMILES string of the molecule is O=C(NCC(O)c1ccco1)c1ccc(-c2ccc(F)cc2)cc1F. The van der Waals surface area contributed by atoms with Crippen LogP contribution in [0.4, 0.5) is 8.78 Å². The summed E-state index contributed by atoms with van der Waals surface area (Å²) in [6.45, 7) is -0.106. The van der Waals surface area contributed by atoms with E-state index in [1.807, 2.05) is 0 Å². The summed E-state index contributed by atoms with van der Waals surface area (Å²) < 4.78 is 32.2. The lowest BCUT2D eigenvalue weighted by Crippen LogP contribution is -2.28. The highest BCUT2D eigenvalue weighted by molar-refractivity contribution is 5.95. The molecule has 2 N–H and O–H groups in total. The van der Waals surface area contributed by atoms with Crippen LogP contribution in [0.15, 0.2) is 65.3 Å². The molecule has 0 aliphatic carbocycles. The van der Waals surface area contributed by atoms with Gasteiger partial charge in [0.05, 0.1) is 18.4 Å². The molecule has 0 spiro atoms. The van der Waals surface area contributed by atoms with Crippen LogP contribution in [0.1, 0.15) is 22.2 Å². The van der Waals surface area contributed by atoms with Gasteiger partial charge in [0.25, 0.3) is 5.91 Å². The molecule has 0 saturated carbocycles. The highest BCUT2D eigenvalue weighted by Gasteiger charge is 2.16. The Balaban J connectivity index is 1.70. The van der Waals surface area contributed by atoms with E-state index in [4.69, 9.17) is 4.42 Å². The number of hydrogen-bond donors (Lipinski definition) is 2. The largest absolute Gasteiger partial charge is 0.467 e. The average Bonchev–Trinajstić information content (AvgIpc) is 3.14. The molecule has 0 aliphatic rings. The van der Waals surface area contributed by atoms with E-state index in [1.54, 1.807) is 18.2 Å². The Bertz CT molecular complexity index is 861. The number of hydrogen-bond acceptors (Lipinski definition) is 3. The first kappa shape index (κ1) is 16.9. The maximum atomic E-state index is 14.2. The zero-order chi connectivity index (χ0) is 17.8. The van der Waals surface area contributed by atoms with Gasteiger partial charge in [-0.1, -0.05) is 18.2 Å². The molecule has 0 fully saturated rings. The third kappa shape index (κ3) is 3.92. The minimum atomic E-state index is -1.01. The molecule has 1 unspecified atom stereocenters. The van der Waals surface area contributed by atoms with Gasteiger partial charge in [-0.3, -0.25) is 4.79 Å². The monoisotopic (exact) mass is 343 g/mol. The average molecular weight is 343 g/mol. The molecule has 128 valence electrons. The van der Waals surface area contributed by atoms with Gasteiger partial charge in [0.15, 0.2) is 0 Å². The highest BCUT2D eigenvalue weighted by Crippen LogP contribution is 2.22. The first-order valence-corrected chi connectivity index (χ1v) is 7.60. The van der Waals surface area contributed by atoms with Gasteiger partial charge in [-0.15, -0.1) is 0 Å². The van der Waals surface area contributed by atoms with Crippen molar-refractivity contribution in [1.29, 1.82) is 0 Å². The Morgan fingerprint density at radius 1 is 1.08 bits per heavy atom. The van der Waals surface area contributed by atoms with E-state index in [-0.39, 0.29) is 17.9 Å². The number of carbonyl (C=O) groups excluding carboxylic acids is 1. The molecule has 1 aromatic heterocycles. The van der Waals surface area contributed by atoms with Gasteiger partial charge >= 0.3 is 0 Å². The van der Waals surface area contributed by atoms with Crippen molar-refractivity contribution < 1.29 is 23.1 Å². The molecular weight excluding hydrogens is 328 g/mol. The van der Waals surface area contributed by atoms with E-state index in [1.165, 1.54) is 42.7 Å². The van der Waals surface area contributed by atoms with Crippen molar-refractivity contribution in [3.8, 4) is 11.1 Å². The standard InChI is InChI=1S/C19H15F2NO3/c20-14-6-3-12(4-7-14)13-5-8-15(16(21)10-13)19(24)22-11-17(23)18-2-1-9-25-18/h1-10,17,23H,11H2,(H,22,24). The Kier molecular flexibility index (Phi) is 4.90. The summed E-state index contributed by atoms with van der Waals surface area (Å²) >= 11 is 0. The molecular formula is C19H15F2NO3. The van der Waals surface area contributed by atoms with Crippen LogP contribution in [-0.4, -0.2) is 17.6 Å². The zero-order valence-electron chi connectivity index (χ0n) is 13.1. The van der Waals surface area contributed by atoms with Crippen LogP contribution >= 0.6 is 0 Å². The second kappa shape index (κ2) is 7.27. The number of amides is 1. The van der Waals surface area contributed by atoms with E-state index in [2.05, 4.69) is 5.32 Å². The molecule has 3 rings (SSSR count). The van der Waals surface area contributed by atoms with Gasteiger partial charge in [-0.2, -0.15) is 0 Å². The summed E-state index contributed by atoms with van der Waals surface area (Å²) in [4.78, 5) is 12.1. The molecule has 0 radical (unpaired) electrons. The molecule has 0 bridgehead atoms. The van der Waals surface area contributed by atoms with Crippen molar-refractivity contribution in [3.05, 3.63) is 83.8 Å². The lowest BCUT2D eigenvalue weighted by atomic mass is 10.0. The Hall–Kier alpha value is -2.99. The van der Waals surface area contributed by atoms with Gasteiger partial charge in [0.2, 0.25) is 0 Å². The van der Waals surface area contributed by atoms with Crippen LogP contribution in [-0.2, 0) is 0 Å². The summed E-state index contributed by atoms with van der Waals surface area (Å²) in [5.74, 6) is -1.41. The van der Waals surface area contributed by atoms with Gasteiger partial charge in [-0.25, -0.2) is 8.78 Å². The third-order valence-electron chi connectivity index (χ3n) is 3.72. The maximum absolute atomic E-state index is 14.2. The lowest BCUT2D eigenvalue weighted by Gasteiger charge is -2.11. The zero-order valence-corrected chi connectivity index (χ0v) is 13.1. The molecule has 1 atom stereocenters. The molecule has 6 heteroatoms. The molecule has 25 heavy (non-hydrogen) atoms. The molecule has 3 aromatic rings. The predicted molar refractivity (Wildman–Crippen MR) is 87.8 cm³/mol. The van der Waals surface area contributed by atoms with E-state index in [0.717, 1.165) is 0 Å². The number of benzene rings is 2. The molecule has 1 amide bonds.